The fourth-order valence-electron chi connectivity index (χ4n) is 2.75. The molecule has 1 N–H and O–H groups in total. The minimum atomic E-state index is -1.03. The Morgan fingerprint density at radius 3 is 2.84 bits per heavy atom. The predicted molar refractivity (Wildman–Crippen MR) is 72.6 cm³/mol. The Morgan fingerprint density at radius 1 is 1.42 bits per heavy atom. The molecule has 0 saturated heterocycles. The van der Waals surface area contributed by atoms with Crippen molar-refractivity contribution in [2.75, 3.05) is 0 Å². The molecule has 0 aromatic carbocycles. The number of carbonyl (C=O) groups is 1. The van der Waals surface area contributed by atoms with E-state index in [0.717, 1.165) is 19.3 Å². The van der Waals surface area contributed by atoms with Crippen molar-refractivity contribution < 1.29 is 14.6 Å². The third-order valence-electron chi connectivity index (χ3n) is 3.84. The van der Waals surface area contributed by atoms with Crippen LogP contribution in [0.5, 0.6) is 5.75 Å². The van der Waals surface area contributed by atoms with Crippen LogP contribution >= 0.6 is 0 Å². The van der Waals surface area contributed by atoms with E-state index in [1.807, 2.05) is 0 Å². The van der Waals surface area contributed by atoms with Crippen molar-refractivity contribution in [2.24, 2.45) is 5.92 Å². The van der Waals surface area contributed by atoms with Gasteiger partial charge in [-0.05, 0) is 50.7 Å². The molecule has 0 radical (unpaired) electrons. The van der Waals surface area contributed by atoms with Gasteiger partial charge in [-0.25, -0.2) is 9.78 Å². The topological polar surface area (TPSA) is 59.4 Å². The molecule has 0 aliphatic heterocycles. The minimum Gasteiger partial charge on any atom is -0.488 e. The number of carboxylic acids is 1. The quantitative estimate of drug-likeness (QED) is 0.904. The Labute approximate surface area is 113 Å². The van der Waals surface area contributed by atoms with Crippen LogP contribution in [0.15, 0.2) is 12.1 Å². The van der Waals surface area contributed by atoms with Crippen molar-refractivity contribution in [1.82, 2.24) is 4.98 Å². The summed E-state index contributed by atoms with van der Waals surface area (Å²) in [6.45, 7) is 3.95. The Morgan fingerprint density at radius 2 is 2.16 bits per heavy atom. The third-order valence-corrected chi connectivity index (χ3v) is 3.84. The predicted octanol–water partition coefficient (Wildman–Crippen LogP) is 3.44. The lowest BCUT2D eigenvalue weighted by Crippen LogP contribution is -2.30. The van der Waals surface area contributed by atoms with Gasteiger partial charge in [-0.15, -0.1) is 0 Å². The molecule has 1 fully saturated rings. The van der Waals surface area contributed by atoms with E-state index in [9.17, 15) is 9.90 Å². The first-order valence-electron chi connectivity index (χ1n) is 6.99. The Kier molecular flexibility index (Phi) is 4.40. The van der Waals surface area contributed by atoms with Gasteiger partial charge in [-0.2, -0.15) is 0 Å². The average molecular weight is 263 g/mol. The zero-order chi connectivity index (χ0) is 13.8. The first kappa shape index (κ1) is 13.8. The molecule has 19 heavy (non-hydrogen) atoms. The van der Waals surface area contributed by atoms with Crippen molar-refractivity contribution >= 4 is 5.97 Å². The molecule has 1 heterocycles. The highest BCUT2D eigenvalue weighted by Crippen LogP contribution is 2.31. The summed E-state index contributed by atoms with van der Waals surface area (Å²) in [5, 5.41) is 9.20. The maximum absolute atomic E-state index is 11.2. The highest BCUT2D eigenvalue weighted by molar-refractivity contribution is 5.88. The number of nitrogens with zero attached hydrogens (tertiary/aromatic N) is 1. The van der Waals surface area contributed by atoms with Gasteiger partial charge in [-0.1, -0.05) is 13.3 Å². The second-order valence-electron chi connectivity index (χ2n) is 5.21. The number of aromatic carboxylic acids is 1. The molecule has 104 valence electrons. The molecule has 4 nitrogen and oxygen atoms in total. The summed E-state index contributed by atoms with van der Waals surface area (Å²) < 4.78 is 5.96. The summed E-state index contributed by atoms with van der Waals surface area (Å²) in [5.74, 6) is -0.0947. The van der Waals surface area contributed by atoms with Crippen LogP contribution in [-0.2, 0) is 0 Å². The van der Waals surface area contributed by atoms with Crippen LogP contribution in [-0.4, -0.2) is 22.2 Å². The molecule has 0 amide bonds. The van der Waals surface area contributed by atoms with Gasteiger partial charge in [0.2, 0.25) is 0 Å². The number of aromatic nitrogens is 1. The lowest BCUT2D eigenvalue weighted by atomic mass is 9.85. The number of pyridine rings is 1. The first-order valence-corrected chi connectivity index (χ1v) is 6.99. The molecule has 0 bridgehead atoms. The standard InChI is InChI=1S/C15H21NO3/c1-3-11-6-4-5-7-12(11)19-13-9-8-10(2)16-14(13)15(17)18/h8-9,11-12H,3-7H2,1-2H3,(H,17,18). The van der Waals surface area contributed by atoms with E-state index in [2.05, 4.69) is 11.9 Å². The van der Waals surface area contributed by atoms with Crippen molar-refractivity contribution in [3.05, 3.63) is 23.5 Å². The second-order valence-corrected chi connectivity index (χ2v) is 5.21. The Hall–Kier alpha value is -1.58. The van der Waals surface area contributed by atoms with E-state index in [1.54, 1.807) is 19.1 Å². The van der Waals surface area contributed by atoms with Crippen molar-refractivity contribution in [1.29, 1.82) is 0 Å². The number of hydrogen-bond acceptors (Lipinski definition) is 3. The van der Waals surface area contributed by atoms with Crippen molar-refractivity contribution in [2.45, 2.75) is 52.1 Å². The highest BCUT2D eigenvalue weighted by Gasteiger charge is 2.27. The molecule has 1 aromatic rings. The summed E-state index contributed by atoms with van der Waals surface area (Å²) >= 11 is 0. The van der Waals surface area contributed by atoms with Gasteiger partial charge < -0.3 is 9.84 Å². The molecule has 2 rings (SSSR count). The smallest absolute Gasteiger partial charge is 0.358 e. The van der Waals surface area contributed by atoms with Crippen LogP contribution in [0.3, 0.4) is 0 Å². The number of rotatable bonds is 4. The van der Waals surface area contributed by atoms with E-state index in [4.69, 9.17) is 4.74 Å². The maximum atomic E-state index is 11.2. The molecule has 2 unspecified atom stereocenters. The van der Waals surface area contributed by atoms with Gasteiger partial charge in [0, 0.05) is 5.69 Å². The van der Waals surface area contributed by atoms with Gasteiger partial charge in [0.1, 0.15) is 6.10 Å². The SMILES string of the molecule is CCC1CCCCC1Oc1ccc(C)nc1C(=O)O. The van der Waals surface area contributed by atoms with Gasteiger partial charge >= 0.3 is 5.97 Å². The number of ether oxygens (including phenoxy) is 1. The molecular weight excluding hydrogens is 242 g/mol. The van der Waals surface area contributed by atoms with Crippen LogP contribution < -0.4 is 4.74 Å². The van der Waals surface area contributed by atoms with Crippen LogP contribution in [0.2, 0.25) is 0 Å². The number of aryl methyl sites for hydroxylation is 1. The minimum absolute atomic E-state index is 0.0282. The fourth-order valence-corrected chi connectivity index (χ4v) is 2.75. The number of carboxylic acid groups (broad SMARTS) is 1. The Bertz CT molecular complexity index is 459. The highest BCUT2D eigenvalue weighted by atomic mass is 16.5. The van der Waals surface area contributed by atoms with Crippen LogP contribution in [0, 0.1) is 12.8 Å². The average Bonchev–Trinajstić information content (AvgIpc) is 2.41. The number of hydrogen-bond donors (Lipinski definition) is 1. The monoisotopic (exact) mass is 263 g/mol. The summed E-state index contributed by atoms with van der Waals surface area (Å²) in [7, 11) is 0. The second kappa shape index (κ2) is 6.04. The molecule has 1 aliphatic rings. The third kappa shape index (κ3) is 3.25. The summed E-state index contributed by atoms with van der Waals surface area (Å²) in [5.41, 5.74) is 0.723. The Balaban J connectivity index is 2.20. The van der Waals surface area contributed by atoms with E-state index < -0.39 is 5.97 Å². The van der Waals surface area contributed by atoms with Crippen molar-refractivity contribution in [3.8, 4) is 5.75 Å². The molecule has 1 saturated carbocycles. The van der Waals surface area contributed by atoms with Crippen molar-refractivity contribution in [3.63, 3.8) is 0 Å². The lowest BCUT2D eigenvalue weighted by Gasteiger charge is -2.31. The van der Waals surface area contributed by atoms with Crippen LogP contribution in [0.4, 0.5) is 0 Å². The molecule has 1 aromatic heterocycles. The first-order chi connectivity index (χ1) is 9.11. The van der Waals surface area contributed by atoms with Gasteiger partial charge in [0.25, 0.3) is 0 Å². The molecule has 4 heteroatoms. The van der Waals surface area contributed by atoms with Crippen LogP contribution in [0.25, 0.3) is 0 Å². The molecular formula is C15H21NO3. The van der Waals surface area contributed by atoms with Crippen LogP contribution in [0.1, 0.15) is 55.2 Å². The zero-order valence-electron chi connectivity index (χ0n) is 11.6. The van der Waals surface area contributed by atoms with E-state index in [0.29, 0.717) is 17.4 Å². The van der Waals surface area contributed by atoms with Gasteiger partial charge in [0.15, 0.2) is 11.4 Å². The fraction of sp³-hybridized carbons (Fsp3) is 0.600. The van der Waals surface area contributed by atoms with E-state index >= 15 is 0 Å². The lowest BCUT2D eigenvalue weighted by molar-refractivity contribution is 0.0654. The normalized spacial score (nSPS) is 23.1. The molecule has 0 spiro atoms. The maximum Gasteiger partial charge on any atom is 0.358 e. The van der Waals surface area contributed by atoms with Gasteiger partial charge in [-0.3, -0.25) is 0 Å². The summed E-state index contributed by atoms with van der Waals surface area (Å²) in [6, 6.07) is 3.53. The molecule has 2 atom stereocenters. The molecule has 1 aliphatic carbocycles. The van der Waals surface area contributed by atoms with Gasteiger partial charge in [0.05, 0.1) is 0 Å². The summed E-state index contributed by atoms with van der Waals surface area (Å²) in [6.07, 6.45) is 5.78. The summed E-state index contributed by atoms with van der Waals surface area (Å²) in [4.78, 5) is 15.3. The zero-order valence-corrected chi connectivity index (χ0v) is 11.6. The van der Waals surface area contributed by atoms with E-state index in [1.165, 1.54) is 12.8 Å². The van der Waals surface area contributed by atoms with E-state index in [-0.39, 0.29) is 11.8 Å². The largest absolute Gasteiger partial charge is 0.488 e.